The van der Waals surface area contributed by atoms with Crippen molar-refractivity contribution in [1.82, 2.24) is 0 Å². The van der Waals surface area contributed by atoms with E-state index in [0.717, 1.165) is 0 Å². The Balaban J connectivity index is -0.000000142. The monoisotopic (exact) mass is 315 g/mol. The van der Waals surface area contributed by atoms with Crippen LogP contribution in [0.3, 0.4) is 0 Å². The largest absolute Gasteiger partial charge is 1.00 e. The van der Waals surface area contributed by atoms with Gasteiger partial charge in [0.1, 0.15) is 0 Å². The summed E-state index contributed by atoms with van der Waals surface area (Å²) in [6.07, 6.45) is 6.50. The molecular weight excluding hydrogens is 296 g/mol. The van der Waals surface area contributed by atoms with Gasteiger partial charge in [0.2, 0.25) is 0 Å². The average Bonchev–Trinajstić information content (AvgIpc) is 2.18. The van der Waals surface area contributed by atoms with Crippen molar-refractivity contribution in [3.05, 3.63) is 17.1 Å². The fourth-order valence-electron chi connectivity index (χ4n) is 1.06. The molecule has 0 saturated carbocycles. The number of rotatable bonds is 6. The van der Waals surface area contributed by atoms with Gasteiger partial charge < -0.3 is 11.8 Å². The maximum atomic E-state index is 6.25. The molecular formula is C11H19CuLiNSe. The van der Waals surface area contributed by atoms with Crippen LogP contribution in [0.2, 0.25) is 5.82 Å². The summed E-state index contributed by atoms with van der Waals surface area (Å²) in [4.78, 5) is 3.50. The van der Waals surface area contributed by atoms with Crippen LogP contribution in [0.1, 0.15) is 46.0 Å². The van der Waals surface area contributed by atoms with E-state index in [9.17, 15) is 0 Å². The van der Waals surface area contributed by atoms with Gasteiger partial charge in [0, 0.05) is 0 Å². The summed E-state index contributed by atoms with van der Waals surface area (Å²) in [7, 11) is 0. The van der Waals surface area contributed by atoms with Crippen LogP contribution < -0.4 is 18.9 Å². The molecule has 15 heavy (non-hydrogen) atoms. The third-order valence-corrected chi connectivity index (χ3v) is 2.66. The first-order valence-corrected chi connectivity index (χ1v) is 7.28. The molecule has 0 aliphatic carbocycles. The molecule has 4 heteroatoms. The fourth-order valence-corrected chi connectivity index (χ4v) is 2.10. The Morgan fingerprint density at radius 3 is 2.07 bits per heavy atom. The van der Waals surface area contributed by atoms with Gasteiger partial charge in [0.05, 0.1) is 0 Å². The first-order valence-electron chi connectivity index (χ1n) is 4.71. The zero-order valence-electron chi connectivity index (χ0n) is 10.2. The van der Waals surface area contributed by atoms with Crippen LogP contribution >= 0.6 is 0 Å². The molecule has 0 spiro atoms. The van der Waals surface area contributed by atoms with Gasteiger partial charge >= 0.3 is 113 Å². The van der Waals surface area contributed by atoms with Crippen molar-refractivity contribution in [2.75, 3.05) is 0 Å². The molecule has 0 aromatic rings. The van der Waals surface area contributed by atoms with E-state index in [2.05, 4.69) is 24.6 Å². The zero-order valence-corrected chi connectivity index (χ0v) is 12.8. The van der Waals surface area contributed by atoms with Crippen molar-refractivity contribution in [3.8, 4) is 0 Å². The van der Waals surface area contributed by atoms with Crippen molar-refractivity contribution >= 4 is 15.0 Å². The molecule has 86 valence electrons. The minimum absolute atomic E-state index is 0. The van der Waals surface area contributed by atoms with E-state index in [4.69, 9.17) is 11.8 Å². The summed E-state index contributed by atoms with van der Waals surface area (Å²) in [6.45, 7) is 9.25. The van der Waals surface area contributed by atoms with Gasteiger partial charge in [-0.25, -0.2) is 0 Å². The topological polar surface area (TPSA) is 23.8 Å². The van der Waals surface area contributed by atoms with E-state index in [1.165, 1.54) is 32.1 Å². The predicted molar refractivity (Wildman–Crippen MR) is 57.8 cm³/mol. The Hall–Kier alpha value is 0.866. The van der Waals surface area contributed by atoms with Crippen molar-refractivity contribution in [3.63, 3.8) is 0 Å². The van der Waals surface area contributed by atoms with E-state index in [-0.39, 0.29) is 35.9 Å². The molecule has 0 atom stereocenters. The smallest absolute Gasteiger partial charge is 0.512 e. The maximum Gasteiger partial charge on any atom is 1.00 e. The van der Waals surface area contributed by atoms with Crippen LogP contribution in [0, 0.1) is 16.8 Å². The normalized spacial score (nSPS) is 9.00. The maximum absolute atomic E-state index is 6.25. The molecule has 0 heterocycles. The summed E-state index contributed by atoms with van der Waals surface area (Å²) in [6, 6.07) is 0. The second-order valence-corrected chi connectivity index (χ2v) is 4.05. The van der Waals surface area contributed by atoms with Crippen molar-refractivity contribution in [1.29, 1.82) is 5.26 Å². The summed E-state index contributed by atoms with van der Waals surface area (Å²) < 4.78 is 0. The Bertz CT molecular complexity index is 149. The summed E-state index contributed by atoms with van der Waals surface area (Å²) in [5.74, 6) is 2.23. The van der Waals surface area contributed by atoms with E-state index in [1.807, 2.05) is 0 Å². The van der Waals surface area contributed by atoms with Crippen LogP contribution in [0.15, 0.2) is 5.57 Å². The summed E-state index contributed by atoms with van der Waals surface area (Å²) in [5.41, 5.74) is 1.58. The molecule has 0 N–H and O–H groups in total. The Kier molecular flexibility index (Phi) is 40.2. The zero-order chi connectivity index (χ0) is 10.5. The van der Waals surface area contributed by atoms with Crippen molar-refractivity contribution < 1.29 is 35.9 Å². The number of nitrogens with zero attached hydrogens (tertiary/aromatic N) is 1. The molecule has 0 fully saturated rings. The third-order valence-electron chi connectivity index (χ3n) is 1.63. The van der Waals surface area contributed by atoms with Gasteiger partial charge in [-0.15, -0.1) is 0 Å². The summed E-state index contributed by atoms with van der Waals surface area (Å²) in [5, 5.41) is 6.25. The molecule has 0 aromatic carbocycles. The van der Waals surface area contributed by atoms with E-state index in [0.29, 0.717) is 15.0 Å². The number of hydrogen-bond acceptors (Lipinski definition) is 1. The quantitative estimate of drug-likeness (QED) is 0.518. The minimum Gasteiger partial charge on any atom is -0.512 e. The van der Waals surface area contributed by atoms with Gasteiger partial charge in [-0.3, -0.25) is 0 Å². The fraction of sp³-hybridized carbons (Fsp3) is 0.727. The Morgan fingerprint density at radius 2 is 1.73 bits per heavy atom. The van der Waals surface area contributed by atoms with Crippen molar-refractivity contribution in [2.24, 2.45) is 0 Å². The van der Waals surface area contributed by atoms with Gasteiger partial charge in [0.15, 0.2) is 0 Å². The van der Waals surface area contributed by atoms with Crippen LogP contribution in [0.4, 0.5) is 0 Å². The van der Waals surface area contributed by atoms with E-state index >= 15 is 0 Å². The van der Waals surface area contributed by atoms with Gasteiger partial charge in [-0.1, -0.05) is 0 Å². The second kappa shape index (κ2) is 24.2. The predicted octanol–water partition coefficient (Wildman–Crippen LogP) is 0.514. The number of unbranched alkanes of at least 4 members (excludes halogenated alkanes) is 1. The number of hydrogen-bond donors (Lipinski definition) is 0. The molecule has 0 unspecified atom stereocenters. The van der Waals surface area contributed by atoms with Crippen LogP contribution in [-0.4, -0.2) is 15.0 Å². The second-order valence-electron chi connectivity index (χ2n) is 2.76. The SMILES string of the molecule is CCCCC(=[C-][Se]C)CCC.[C-]#N.[Cu+].[Li+]. The van der Waals surface area contributed by atoms with E-state index < -0.39 is 0 Å². The minimum atomic E-state index is 0. The van der Waals surface area contributed by atoms with Crippen LogP contribution in [-0.2, 0) is 17.1 Å². The molecule has 1 nitrogen and oxygen atoms in total. The third kappa shape index (κ3) is 20.8. The van der Waals surface area contributed by atoms with Crippen LogP contribution in [0.25, 0.3) is 0 Å². The summed E-state index contributed by atoms with van der Waals surface area (Å²) >= 11 is 0.609. The van der Waals surface area contributed by atoms with E-state index in [1.54, 1.807) is 5.57 Å². The first-order chi connectivity index (χ1) is 6.35. The Labute approximate surface area is 124 Å². The Morgan fingerprint density at radius 1 is 1.20 bits per heavy atom. The molecule has 0 aliphatic rings. The number of allylic oxidation sites excluding steroid dienone is 1. The molecule has 0 bridgehead atoms. The molecule has 0 aromatic heterocycles. The molecule has 0 rings (SSSR count). The van der Waals surface area contributed by atoms with Gasteiger partial charge in [-0.2, -0.15) is 0 Å². The molecule has 0 amide bonds. The standard InChI is InChI=1S/C10H19Se.CN.Cu.Li/c1-4-6-8-10(7-5-2)9-11-3;1-2;;/h4-8H2,1-3H3;;;/q2*-1;2*+1. The average molecular weight is 315 g/mol. The molecule has 0 radical (unpaired) electrons. The van der Waals surface area contributed by atoms with Gasteiger partial charge in [-0.05, 0) is 0 Å². The van der Waals surface area contributed by atoms with Gasteiger partial charge in [0.25, 0.3) is 0 Å². The van der Waals surface area contributed by atoms with Crippen molar-refractivity contribution in [2.45, 2.75) is 51.8 Å². The molecule has 0 aliphatic heterocycles. The molecule has 0 saturated heterocycles. The first kappa shape index (κ1) is 24.9. The van der Waals surface area contributed by atoms with Crippen LogP contribution in [0.5, 0.6) is 0 Å².